The maximum Gasteiger partial charge on any atom is 0.329 e. The lowest BCUT2D eigenvalue weighted by atomic mass is 9.87. The van der Waals surface area contributed by atoms with Crippen LogP contribution in [-0.2, 0) is 16.6 Å². The van der Waals surface area contributed by atoms with Crippen molar-refractivity contribution in [1.29, 1.82) is 0 Å². The van der Waals surface area contributed by atoms with Gasteiger partial charge in [-0.2, -0.15) is 0 Å². The fourth-order valence-corrected chi connectivity index (χ4v) is 6.01. The highest BCUT2D eigenvalue weighted by Gasteiger charge is 2.27. The molecule has 2 heterocycles. The number of carbonyl (C=O) groups is 2. The minimum absolute atomic E-state index is 0.221. The Morgan fingerprint density at radius 1 is 1.05 bits per heavy atom. The number of hydrogen-bond acceptors (Lipinski definition) is 4. The van der Waals surface area contributed by atoms with Crippen molar-refractivity contribution in [2.75, 3.05) is 19.6 Å². The second-order valence-corrected chi connectivity index (χ2v) is 11.2. The Labute approximate surface area is 222 Å². The lowest BCUT2D eigenvalue weighted by Gasteiger charge is -2.35. The van der Waals surface area contributed by atoms with Crippen LogP contribution in [0.4, 0.5) is 0 Å². The van der Waals surface area contributed by atoms with Crippen molar-refractivity contribution in [2.24, 2.45) is 18.9 Å². The number of rotatable bonds is 14. The standard InChI is InChI=1S/C30H48N4O3/c1-6-9-23(12-11-22(4)8-3)20-33-17-15-24(16-18-33)25-13-14-26-28(19-25)32(5)30(37)34(26)27(10-7-2)29(36)31-21-35/h13-14,19,21-24,27H,6-12,15-18,20H2,1-5H3,(H,31,35,36). The maximum atomic E-state index is 13.2. The quantitative estimate of drug-likeness (QED) is 0.345. The molecule has 1 aromatic heterocycles. The number of amides is 2. The van der Waals surface area contributed by atoms with Crippen molar-refractivity contribution in [1.82, 2.24) is 19.4 Å². The van der Waals surface area contributed by atoms with E-state index >= 15 is 0 Å². The summed E-state index contributed by atoms with van der Waals surface area (Å²) in [5.41, 5.74) is 2.64. The van der Waals surface area contributed by atoms with Crippen LogP contribution in [-0.4, -0.2) is 46.0 Å². The third-order valence-electron chi connectivity index (χ3n) is 8.53. The van der Waals surface area contributed by atoms with Crippen LogP contribution < -0.4 is 11.0 Å². The second-order valence-electron chi connectivity index (χ2n) is 11.2. The molecular weight excluding hydrogens is 464 g/mol. The Morgan fingerprint density at radius 3 is 2.38 bits per heavy atom. The van der Waals surface area contributed by atoms with Crippen LogP contribution in [0.1, 0.15) is 103 Å². The van der Waals surface area contributed by atoms with E-state index in [2.05, 4.69) is 43.1 Å². The number of fused-ring (bicyclic) bond motifs is 1. The first-order valence-corrected chi connectivity index (χ1v) is 14.5. The highest BCUT2D eigenvalue weighted by molar-refractivity contribution is 5.90. The average Bonchev–Trinajstić information content (AvgIpc) is 3.15. The molecule has 3 rings (SSSR count). The molecule has 0 bridgehead atoms. The SMILES string of the molecule is CCCC(CCC(C)CC)CN1CCC(c2ccc3c(c2)n(C)c(=O)n3C(CCC)C(=O)NC=O)CC1. The number of hydrogen-bond donors (Lipinski definition) is 1. The van der Waals surface area contributed by atoms with Crippen LogP contribution in [0.15, 0.2) is 23.0 Å². The number of carbonyl (C=O) groups excluding carboxylic acids is 2. The minimum atomic E-state index is -0.697. The van der Waals surface area contributed by atoms with Crippen LogP contribution in [0.2, 0.25) is 0 Å². The Bertz CT molecular complexity index is 1080. The number of aromatic nitrogens is 2. The van der Waals surface area contributed by atoms with Gasteiger partial charge in [-0.1, -0.05) is 59.4 Å². The van der Waals surface area contributed by atoms with E-state index in [1.165, 1.54) is 44.2 Å². The number of piperidine rings is 1. The van der Waals surface area contributed by atoms with Crippen LogP contribution in [0.25, 0.3) is 11.0 Å². The van der Waals surface area contributed by atoms with Gasteiger partial charge in [0.25, 0.3) is 0 Å². The lowest BCUT2D eigenvalue weighted by Crippen LogP contribution is -2.37. The summed E-state index contributed by atoms with van der Waals surface area (Å²) in [5, 5.41) is 2.24. The molecule has 1 aliphatic rings. The third kappa shape index (κ3) is 7.13. The van der Waals surface area contributed by atoms with Gasteiger partial charge < -0.3 is 4.90 Å². The van der Waals surface area contributed by atoms with Crippen LogP contribution in [0, 0.1) is 11.8 Å². The van der Waals surface area contributed by atoms with Crippen LogP contribution in [0.5, 0.6) is 0 Å². The van der Waals surface area contributed by atoms with Crippen molar-refractivity contribution >= 4 is 23.4 Å². The molecule has 1 N–H and O–H groups in total. The molecule has 3 unspecified atom stereocenters. The van der Waals surface area contributed by atoms with Gasteiger partial charge in [0.15, 0.2) is 0 Å². The summed E-state index contributed by atoms with van der Waals surface area (Å²) in [7, 11) is 1.77. The smallest absolute Gasteiger partial charge is 0.303 e. The molecule has 1 saturated heterocycles. The number of benzene rings is 1. The molecule has 1 aromatic carbocycles. The number of nitrogens with one attached hydrogen (secondary N) is 1. The van der Waals surface area contributed by atoms with E-state index in [0.29, 0.717) is 18.7 Å². The van der Waals surface area contributed by atoms with Gasteiger partial charge in [0.1, 0.15) is 6.04 Å². The van der Waals surface area contributed by atoms with E-state index < -0.39 is 11.9 Å². The van der Waals surface area contributed by atoms with Gasteiger partial charge in [-0.25, -0.2) is 4.79 Å². The maximum absolute atomic E-state index is 13.2. The molecule has 0 saturated carbocycles. The average molecular weight is 513 g/mol. The van der Waals surface area contributed by atoms with E-state index in [1.807, 2.05) is 13.0 Å². The molecule has 2 amide bonds. The van der Waals surface area contributed by atoms with E-state index in [1.54, 1.807) is 16.2 Å². The summed E-state index contributed by atoms with van der Waals surface area (Å²) >= 11 is 0. The molecule has 7 heteroatoms. The first-order chi connectivity index (χ1) is 17.8. The number of imidazole rings is 1. The van der Waals surface area contributed by atoms with E-state index in [4.69, 9.17) is 0 Å². The fourth-order valence-electron chi connectivity index (χ4n) is 6.01. The number of aryl methyl sites for hydroxylation is 1. The van der Waals surface area contributed by atoms with E-state index in [-0.39, 0.29) is 5.69 Å². The predicted molar refractivity (Wildman–Crippen MR) is 151 cm³/mol. The number of likely N-dealkylation sites (tertiary alicyclic amines) is 1. The van der Waals surface area contributed by atoms with Crippen molar-refractivity contribution in [3.63, 3.8) is 0 Å². The van der Waals surface area contributed by atoms with Gasteiger partial charge in [-0.3, -0.25) is 24.0 Å². The Hall–Kier alpha value is -2.41. The highest BCUT2D eigenvalue weighted by atomic mass is 16.2. The molecule has 0 spiro atoms. The molecule has 7 nitrogen and oxygen atoms in total. The Morgan fingerprint density at radius 2 is 1.76 bits per heavy atom. The molecular formula is C30H48N4O3. The zero-order valence-electron chi connectivity index (χ0n) is 23.7. The van der Waals surface area contributed by atoms with Gasteiger partial charge in [0, 0.05) is 13.6 Å². The first kappa shape index (κ1) is 29.2. The summed E-state index contributed by atoms with van der Waals surface area (Å²) in [4.78, 5) is 39.3. The molecule has 37 heavy (non-hydrogen) atoms. The largest absolute Gasteiger partial charge is 0.329 e. The summed E-state index contributed by atoms with van der Waals surface area (Å²) in [6.07, 6.45) is 10.4. The van der Waals surface area contributed by atoms with Crippen molar-refractivity contribution in [3.05, 3.63) is 34.2 Å². The van der Waals surface area contributed by atoms with Gasteiger partial charge in [0.05, 0.1) is 11.0 Å². The van der Waals surface area contributed by atoms with E-state index in [9.17, 15) is 14.4 Å². The van der Waals surface area contributed by atoms with Crippen LogP contribution >= 0.6 is 0 Å². The second kappa shape index (κ2) is 13.9. The molecule has 206 valence electrons. The van der Waals surface area contributed by atoms with Crippen molar-refractivity contribution < 1.29 is 9.59 Å². The Kier molecular flexibility index (Phi) is 11.0. The molecule has 3 atom stereocenters. The van der Waals surface area contributed by atoms with Crippen LogP contribution in [0.3, 0.4) is 0 Å². The summed E-state index contributed by atoms with van der Waals surface area (Å²) < 4.78 is 3.19. The van der Waals surface area contributed by atoms with Crippen molar-refractivity contribution in [2.45, 2.75) is 97.4 Å². The van der Waals surface area contributed by atoms with E-state index in [0.717, 1.165) is 55.2 Å². The predicted octanol–water partition coefficient (Wildman–Crippen LogP) is 5.38. The summed E-state index contributed by atoms with van der Waals surface area (Å²) in [6, 6.07) is 5.56. The van der Waals surface area contributed by atoms with Crippen molar-refractivity contribution in [3.8, 4) is 0 Å². The summed E-state index contributed by atoms with van der Waals surface area (Å²) in [5.74, 6) is 1.67. The molecule has 1 fully saturated rings. The normalized spacial score (nSPS) is 17.5. The number of nitrogens with zero attached hydrogens (tertiary/aromatic N) is 3. The fraction of sp³-hybridized carbons (Fsp3) is 0.700. The highest BCUT2D eigenvalue weighted by Crippen LogP contribution is 2.32. The molecule has 0 aliphatic carbocycles. The summed E-state index contributed by atoms with van der Waals surface area (Å²) in [6.45, 7) is 12.4. The van der Waals surface area contributed by atoms with Gasteiger partial charge >= 0.3 is 5.69 Å². The zero-order valence-corrected chi connectivity index (χ0v) is 23.7. The van der Waals surface area contributed by atoms with Gasteiger partial charge in [0.2, 0.25) is 12.3 Å². The minimum Gasteiger partial charge on any atom is -0.303 e. The molecule has 1 aliphatic heterocycles. The lowest BCUT2D eigenvalue weighted by molar-refractivity contribution is -0.128. The Balaban J connectivity index is 1.72. The topological polar surface area (TPSA) is 76.3 Å². The van der Waals surface area contributed by atoms with Gasteiger partial charge in [-0.15, -0.1) is 0 Å². The monoisotopic (exact) mass is 512 g/mol. The number of imide groups is 1. The first-order valence-electron chi connectivity index (χ1n) is 14.5. The third-order valence-corrected chi connectivity index (χ3v) is 8.53. The zero-order chi connectivity index (χ0) is 26.9. The molecule has 0 radical (unpaired) electrons. The van der Waals surface area contributed by atoms with Gasteiger partial charge in [-0.05, 0) is 80.6 Å². The molecule has 2 aromatic rings.